The van der Waals surface area contributed by atoms with Crippen molar-refractivity contribution in [3.05, 3.63) is 21.1 Å². The van der Waals surface area contributed by atoms with Crippen molar-refractivity contribution in [2.24, 2.45) is 0 Å². The van der Waals surface area contributed by atoms with E-state index in [0.29, 0.717) is 0 Å². The third kappa shape index (κ3) is 4.07. The van der Waals surface area contributed by atoms with Crippen LogP contribution in [-0.2, 0) is 0 Å². The van der Waals surface area contributed by atoms with Crippen LogP contribution in [0.25, 0.3) is 0 Å². The first-order valence-corrected chi connectivity index (χ1v) is 6.64. The van der Waals surface area contributed by atoms with Gasteiger partial charge < -0.3 is 10.0 Å². The van der Waals surface area contributed by atoms with Gasteiger partial charge in [0.25, 0.3) is 0 Å². The highest BCUT2D eigenvalue weighted by Gasteiger charge is 2.36. The zero-order valence-electron chi connectivity index (χ0n) is 11.1. The van der Waals surface area contributed by atoms with Crippen LogP contribution in [0.5, 0.6) is 0 Å². The van der Waals surface area contributed by atoms with Crippen molar-refractivity contribution < 1.29 is 23.2 Å². The molecule has 1 atom stereocenters. The summed E-state index contributed by atoms with van der Waals surface area (Å²) in [5.74, 6) is 0. The Kier molecular flexibility index (Phi) is 4.98. The van der Waals surface area contributed by atoms with Gasteiger partial charge in [-0.25, -0.2) is 0 Å². The van der Waals surface area contributed by atoms with Crippen molar-refractivity contribution in [2.75, 3.05) is 11.4 Å². The predicted molar refractivity (Wildman–Crippen MR) is 70.1 cm³/mol. The average Bonchev–Trinajstić information content (AvgIpc) is 2.68. The Morgan fingerprint density at radius 2 is 2.00 bits per heavy atom. The second-order valence-corrected chi connectivity index (χ2v) is 5.67. The standard InChI is InChI=1S/C11H15F3N2O3S/c1-6(2)15(5-11(12,13)14)10-8(16(18)19)4-9(20-10)7(3)17/h4,6-7,17H,5H2,1-3H3/t7-/m1/s1. The molecule has 114 valence electrons. The van der Waals surface area contributed by atoms with Crippen LogP contribution in [0, 0.1) is 10.1 Å². The molecule has 0 spiro atoms. The van der Waals surface area contributed by atoms with Gasteiger partial charge >= 0.3 is 11.9 Å². The lowest BCUT2D eigenvalue weighted by Gasteiger charge is -2.27. The van der Waals surface area contributed by atoms with Gasteiger partial charge in [0.15, 0.2) is 5.00 Å². The van der Waals surface area contributed by atoms with E-state index in [1.807, 2.05) is 0 Å². The molecule has 0 amide bonds. The molecule has 9 heteroatoms. The van der Waals surface area contributed by atoms with Crippen LogP contribution in [-0.4, -0.2) is 28.8 Å². The number of nitrogens with zero attached hydrogens (tertiary/aromatic N) is 2. The van der Waals surface area contributed by atoms with Gasteiger partial charge in [-0.3, -0.25) is 10.1 Å². The monoisotopic (exact) mass is 312 g/mol. The second-order valence-electron chi connectivity index (χ2n) is 4.61. The molecule has 0 saturated heterocycles. The minimum Gasteiger partial charge on any atom is -0.388 e. The summed E-state index contributed by atoms with van der Waals surface area (Å²) in [5.41, 5.74) is -0.413. The van der Waals surface area contributed by atoms with Crippen molar-refractivity contribution in [2.45, 2.75) is 39.1 Å². The van der Waals surface area contributed by atoms with Crippen LogP contribution < -0.4 is 4.90 Å². The first-order chi connectivity index (χ1) is 9.03. The summed E-state index contributed by atoms with van der Waals surface area (Å²) in [4.78, 5) is 11.4. The van der Waals surface area contributed by atoms with Gasteiger partial charge in [-0.2, -0.15) is 13.2 Å². The Hall–Kier alpha value is -1.35. The lowest BCUT2D eigenvalue weighted by Crippen LogP contribution is -2.38. The Morgan fingerprint density at radius 3 is 2.35 bits per heavy atom. The van der Waals surface area contributed by atoms with Gasteiger partial charge in [-0.1, -0.05) is 0 Å². The highest BCUT2D eigenvalue weighted by molar-refractivity contribution is 7.16. The second kappa shape index (κ2) is 5.96. The van der Waals surface area contributed by atoms with E-state index in [4.69, 9.17) is 0 Å². The van der Waals surface area contributed by atoms with Crippen LogP contribution in [0.1, 0.15) is 31.8 Å². The van der Waals surface area contributed by atoms with E-state index < -0.39 is 35.5 Å². The SMILES string of the molecule is CC(C)N(CC(F)(F)F)c1sc([C@@H](C)O)cc1[N+](=O)[O-]. The van der Waals surface area contributed by atoms with E-state index in [9.17, 15) is 28.4 Å². The summed E-state index contributed by atoms with van der Waals surface area (Å²) in [6, 6.07) is 0.562. The molecule has 1 aromatic rings. The summed E-state index contributed by atoms with van der Waals surface area (Å²) >= 11 is 0.807. The molecular weight excluding hydrogens is 297 g/mol. The number of aliphatic hydroxyl groups excluding tert-OH is 1. The van der Waals surface area contributed by atoms with Crippen molar-refractivity contribution in [3.8, 4) is 0 Å². The fourth-order valence-corrected chi connectivity index (χ4v) is 2.81. The molecule has 0 radical (unpaired) electrons. The van der Waals surface area contributed by atoms with Gasteiger partial charge in [0.05, 0.1) is 11.0 Å². The summed E-state index contributed by atoms with van der Waals surface area (Å²) in [6.45, 7) is 3.18. The lowest BCUT2D eigenvalue weighted by molar-refractivity contribution is -0.383. The molecule has 0 aliphatic heterocycles. The molecule has 0 aliphatic rings. The van der Waals surface area contributed by atoms with E-state index >= 15 is 0 Å². The molecule has 0 saturated carbocycles. The fraction of sp³-hybridized carbons (Fsp3) is 0.636. The van der Waals surface area contributed by atoms with Crippen molar-refractivity contribution in [1.29, 1.82) is 0 Å². The number of thiophene rings is 1. The maximum Gasteiger partial charge on any atom is 0.405 e. The third-order valence-electron chi connectivity index (χ3n) is 2.55. The van der Waals surface area contributed by atoms with Crippen molar-refractivity contribution >= 4 is 22.0 Å². The minimum absolute atomic E-state index is 0.0850. The van der Waals surface area contributed by atoms with E-state index in [-0.39, 0.29) is 9.88 Å². The molecule has 1 N–H and O–H groups in total. The zero-order valence-corrected chi connectivity index (χ0v) is 12.0. The van der Waals surface area contributed by atoms with Crippen LogP contribution >= 0.6 is 11.3 Å². The Bertz CT molecular complexity index is 486. The highest BCUT2D eigenvalue weighted by Crippen LogP contribution is 2.41. The number of anilines is 1. The molecule has 5 nitrogen and oxygen atoms in total. The summed E-state index contributed by atoms with van der Waals surface area (Å²) in [5, 5.41) is 20.3. The highest BCUT2D eigenvalue weighted by atomic mass is 32.1. The first-order valence-electron chi connectivity index (χ1n) is 5.82. The summed E-state index contributed by atoms with van der Waals surface area (Å²) < 4.78 is 37.8. The van der Waals surface area contributed by atoms with Crippen molar-refractivity contribution in [1.82, 2.24) is 0 Å². The molecule has 1 heterocycles. The quantitative estimate of drug-likeness (QED) is 0.667. The number of aliphatic hydroxyl groups is 1. The first kappa shape index (κ1) is 16.7. The van der Waals surface area contributed by atoms with Gasteiger partial charge in [-0.15, -0.1) is 11.3 Å². The van der Waals surface area contributed by atoms with Gasteiger partial charge in [-0.05, 0) is 20.8 Å². The number of nitro groups is 1. The summed E-state index contributed by atoms with van der Waals surface area (Å²) in [6.07, 6.45) is -5.43. The third-order valence-corrected chi connectivity index (χ3v) is 3.89. The van der Waals surface area contributed by atoms with Crippen LogP contribution in [0.3, 0.4) is 0 Å². The molecule has 1 rings (SSSR count). The molecule has 0 aromatic carbocycles. The van der Waals surface area contributed by atoms with E-state index in [2.05, 4.69) is 0 Å². The lowest BCUT2D eigenvalue weighted by atomic mass is 10.3. The molecule has 0 bridgehead atoms. The molecule has 0 aliphatic carbocycles. The maximum atomic E-state index is 12.6. The topological polar surface area (TPSA) is 66.6 Å². The molecule has 0 fully saturated rings. The number of rotatable bonds is 5. The summed E-state index contributed by atoms with van der Waals surface area (Å²) in [7, 11) is 0. The largest absolute Gasteiger partial charge is 0.405 e. The van der Waals surface area contributed by atoms with Crippen molar-refractivity contribution in [3.63, 3.8) is 0 Å². The molecule has 1 aromatic heterocycles. The Morgan fingerprint density at radius 1 is 1.45 bits per heavy atom. The Balaban J connectivity index is 3.28. The fourth-order valence-electron chi connectivity index (χ4n) is 1.61. The van der Waals surface area contributed by atoms with Gasteiger partial charge in [0.2, 0.25) is 0 Å². The van der Waals surface area contributed by atoms with Gasteiger partial charge in [0, 0.05) is 17.0 Å². The number of hydrogen-bond acceptors (Lipinski definition) is 5. The van der Waals surface area contributed by atoms with Crippen LogP contribution in [0.15, 0.2) is 6.07 Å². The number of alkyl halides is 3. The van der Waals surface area contributed by atoms with E-state index in [1.54, 1.807) is 0 Å². The smallest absolute Gasteiger partial charge is 0.388 e. The van der Waals surface area contributed by atoms with E-state index in [1.165, 1.54) is 20.8 Å². The average molecular weight is 312 g/mol. The maximum absolute atomic E-state index is 12.6. The predicted octanol–water partition coefficient (Wildman–Crippen LogP) is 3.49. The van der Waals surface area contributed by atoms with Crippen LogP contribution in [0.4, 0.5) is 23.9 Å². The molecular formula is C11H15F3N2O3S. The number of hydrogen-bond donors (Lipinski definition) is 1. The van der Waals surface area contributed by atoms with Crippen LogP contribution in [0.2, 0.25) is 0 Å². The zero-order chi connectivity index (χ0) is 15.7. The molecule has 20 heavy (non-hydrogen) atoms. The Labute approximate surface area is 117 Å². The van der Waals surface area contributed by atoms with Gasteiger partial charge in [0.1, 0.15) is 6.54 Å². The number of halogens is 3. The normalized spacial score (nSPS) is 13.6. The molecule has 0 unspecified atom stereocenters. The minimum atomic E-state index is -4.47. The van der Waals surface area contributed by atoms with E-state index in [0.717, 1.165) is 22.3 Å².